The van der Waals surface area contributed by atoms with Crippen LogP contribution in [0.4, 0.5) is 0 Å². The van der Waals surface area contributed by atoms with Gasteiger partial charge in [0.05, 0.1) is 32.0 Å². The molecule has 0 aromatic carbocycles. The lowest BCUT2D eigenvalue weighted by molar-refractivity contribution is -0.359. The van der Waals surface area contributed by atoms with Crippen LogP contribution in [0.25, 0.3) is 0 Å². The van der Waals surface area contributed by atoms with Gasteiger partial charge in [0.15, 0.2) is 12.6 Å². The van der Waals surface area contributed by atoms with Crippen LogP contribution in [0.2, 0.25) is 0 Å². The summed E-state index contributed by atoms with van der Waals surface area (Å²) in [4.78, 5) is 12.5. The Morgan fingerprint density at radius 1 is 0.604 bits per heavy atom. The first-order valence-corrected chi connectivity index (χ1v) is 20.8. The van der Waals surface area contributed by atoms with E-state index in [1.807, 2.05) is 6.92 Å². The molecule has 0 saturated carbocycles. The zero-order chi connectivity index (χ0) is 39.0. The lowest BCUT2D eigenvalue weighted by atomic mass is 9.97. The van der Waals surface area contributed by atoms with E-state index < -0.39 is 86.8 Å². The minimum Gasteiger partial charge on any atom is -0.394 e. The van der Waals surface area contributed by atoms with Crippen molar-refractivity contribution in [2.75, 3.05) is 19.8 Å². The van der Waals surface area contributed by atoms with Gasteiger partial charge in [0.2, 0.25) is 5.91 Å². The normalized spacial score (nSPS) is 30.3. The van der Waals surface area contributed by atoms with Crippen molar-refractivity contribution in [3.05, 3.63) is 0 Å². The van der Waals surface area contributed by atoms with Crippen LogP contribution < -0.4 is 5.32 Å². The van der Waals surface area contributed by atoms with Gasteiger partial charge < -0.3 is 65.1 Å². The molecule has 14 heteroatoms. The van der Waals surface area contributed by atoms with E-state index >= 15 is 0 Å². The summed E-state index contributed by atoms with van der Waals surface area (Å²) in [7, 11) is 0. The monoisotopic (exact) mass is 766 g/mol. The first kappa shape index (κ1) is 48.1. The maximum atomic E-state index is 12.5. The van der Waals surface area contributed by atoms with Gasteiger partial charge in [-0.2, -0.15) is 0 Å². The summed E-state index contributed by atoms with van der Waals surface area (Å²) in [6, 6.07) is -0.816. The molecule has 2 aliphatic heterocycles. The molecular formula is C39H75NO13. The first-order valence-electron chi connectivity index (χ1n) is 20.8. The second kappa shape index (κ2) is 28.4. The number of amides is 1. The molecule has 0 aliphatic carbocycles. The third-order valence-corrected chi connectivity index (χ3v) is 10.5. The van der Waals surface area contributed by atoms with Crippen molar-refractivity contribution in [2.24, 2.45) is 0 Å². The minimum atomic E-state index is -1.77. The molecule has 53 heavy (non-hydrogen) atoms. The molecule has 0 bridgehead atoms. The van der Waals surface area contributed by atoms with Crippen molar-refractivity contribution in [1.82, 2.24) is 5.32 Å². The Balaban J connectivity index is 1.72. The van der Waals surface area contributed by atoms with Gasteiger partial charge in [0, 0.05) is 6.42 Å². The number of aliphatic hydroxyl groups is 8. The molecule has 2 heterocycles. The molecular weight excluding hydrogens is 690 g/mol. The maximum absolute atomic E-state index is 12.5. The Hall–Kier alpha value is -1.01. The predicted octanol–water partition coefficient (Wildman–Crippen LogP) is 2.70. The van der Waals surface area contributed by atoms with E-state index in [1.165, 1.54) is 89.9 Å². The van der Waals surface area contributed by atoms with Gasteiger partial charge in [0.25, 0.3) is 0 Å². The average Bonchev–Trinajstić information content (AvgIpc) is 3.15. The molecule has 14 nitrogen and oxygen atoms in total. The lowest BCUT2D eigenvalue weighted by Crippen LogP contribution is -2.65. The largest absolute Gasteiger partial charge is 0.394 e. The Kier molecular flexibility index (Phi) is 25.8. The standard InChI is InChI=1S/C39H75NO13/c1-3-5-6-7-8-9-10-11-12-13-14-15-16-17-18-19-20-21-23-28(43)27(40-31(44)22-4-2)26-50-38-36(49)34(47)37(30(25-42)52-38)53-39-35(48)33(46)32(45)29(24-41)51-39/h27-30,32-39,41-43,45-49H,3-26H2,1-2H3,(H,40,44). The molecule has 2 fully saturated rings. The van der Waals surface area contributed by atoms with Gasteiger partial charge >= 0.3 is 0 Å². The average molecular weight is 766 g/mol. The molecule has 0 aromatic rings. The molecule has 1 amide bonds. The quantitative estimate of drug-likeness (QED) is 0.0480. The first-order chi connectivity index (χ1) is 25.6. The molecule has 2 rings (SSSR count). The highest BCUT2D eigenvalue weighted by Gasteiger charge is 2.50. The highest BCUT2D eigenvalue weighted by Crippen LogP contribution is 2.30. The zero-order valence-electron chi connectivity index (χ0n) is 32.5. The fraction of sp³-hybridized carbons (Fsp3) is 0.974. The Bertz CT molecular complexity index is 915. The van der Waals surface area contributed by atoms with Crippen LogP contribution in [0.3, 0.4) is 0 Å². The maximum Gasteiger partial charge on any atom is 0.220 e. The van der Waals surface area contributed by atoms with Crippen molar-refractivity contribution in [3.8, 4) is 0 Å². The lowest BCUT2D eigenvalue weighted by Gasteiger charge is -2.46. The van der Waals surface area contributed by atoms with Crippen LogP contribution in [0, 0.1) is 0 Å². The number of aliphatic hydroxyl groups excluding tert-OH is 8. The number of rotatable bonds is 30. The van der Waals surface area contributed by atoms with E-state index in [2.05, 4.69) is 12.2 Å². The van der Waals surface area contributed by atoms with Crippen molar-refractivity contribution < 1.29 is 64.6 Å². The molecule has 2 saturated heterocycles. The van der Waals surface area contributed by atoms with Crippen LogP contribution in [0.5, 0.6) is 0 Å². The zero-order valence-corrected chi connectivity index (χ0v) is 32.5. The second-order valence-corrected chi connectivity index (χ2v) is 15.1. The fourth-order valence-corrected chi connectivity index (χ4v) is 7.10. The molecule has 314 valence electrons. The van der Waals surface area contributed by atoms with Gasteiger partial charge in [-0.25, -0.2) is 0 Å². The van der Waals surface area contributed by atoms with Gasteiger partial charge in [-0.05, 0) is 12.8 Å². The van der Waals surface area contributed by atoms with E-state index in [0.29, 0.717) is 12.8 Å². The number of hydrogen-bond donors (Lipinski definition) is 9. The Morgan fingerprint density at radius 3 is 1.57 bits per heavy atom. The Morgan fingerprint density at radius 2 is 1.08 bits per heavy atom. The van der Waals surface area contributed by atoms with Crippen LogP contribution in [-0.4, -0.2) is 140 Å². The van der Waals surface area contributed by atoms with Gasteiger partial charge in [-0.3, -0.25) is 4.79 Å². The number of ether oxygens (including phenoxy) is 4. The highest BCUT2D eigenvalue weighted by atomic mass is 16.7. The molecule has 12 unspecified atom stereocenters. The molecule has 12 atom stereocenters. The van der Waals surface area contributed by atoms with Gasteiger partial charge in [-0.15, -0.1) is 0 Å². The van der Waals surface area contributed by atoms with Crippen LogP contribution >= 0.6 is 0 Å². The van der Waals surface area contributed by atoms with Gasteiger partial charge in [-0.1, -0.05) is 129 Å². The van der Waals surface area contributed by atoms with Crippen molar-refractivity contribution in [3.63, 3.8) is 0 Å². The topological polar surface area (TPSA) is 228 Å². The molecule has 2 aliphatic rings. The van der Waals surface area contributed by atoms with Gasteiger partial charge in [0.1, 0.15) is 48.8 Å². The molecule has 0 spiro atoms. The van der Waals surface area contributed by atoms with E-state index in [9.17, 15) is 45.6 Å². The number of hydrogen-bond acceptors (Lipinski definition) is 13. The smallest absolute Gasteiger partial charge is 0.220 e. The number of unbranched alkanes of at least 4 members (excludes halogenated alkanes) is 17. The van der Waals surface area contributed by atoms with Crippen molar-refractivity contribution >= 4 is 5.91 Å². The summed E-state index contributed by atoms with van der Waals surface area (Å²) >= 11 is 0. The predicted molar refractivity (Wildman–Crippen MR) is 199 cm³/mol. The summed E-state index contributed by atoms with van der Waals surface area (Å²) in [6.45, 7) is 2.47. The van der Waals surface area contributed by atoms with Crippen LogP contribution in [0.1, 0.15) is 149 Å². The second-order valence-electron chi connectivity index (χ2n) is 15.1. The molecule has 0 radical (unpaired) electrons. The van der Waals surface area contributed by atoms with E-state index in [0.717, 1.165) is 25.7 Å². The third-order valence-electron chi connectivity index (χ3n) is 10.5. The molecule has 9 N–H and O–H groups in total. The summed E-state index contributed by atoms with van der Waals surface area (Å²) < 4.78 is 22.4. The van der Waals surface area contributed by atoms with Crippen molar-refractivity contribution in [2.45, 2.75) is 222 Å². The third kappa shape index (κ3) is 17.8. The summed E-state index contributed by atoms with van der Waals surface area (Å²) in [6.07, 6.45) is 7.35. The van der Waals surface area contributed by atoms with Crippen molar-refractivity contribution in [1.29, 1.82) is 0 Å². The summed E-state index contributed by atoms with van der Waals surface area (Å²) in [5.74, 6) is -0.260. The fourth-order valence-electron chi connectivity index (χ4n) is 7.10. The number of nitrogens with one attached hydrogen (secondary N) is 1. The van der Waals surface area contributed by atoms with E-state index in [4.69, 9.17) is 18.9 Å². The SMILES string of the molecule is CCCCCCCCCCCCCCCCCCCCC(O)C(COC1OC(CO)C(OC2OC(CO)C(O)C(O)C2O)C(O)C1O)NC(=O)CCC. The van der Waals surface area contributed by atoms with E-state index in [-0.39, 0.29) is 18.9 Å². The highest BCUT2D eigenvalue weighted by molar-refractivity contribution is 5.76. The Labute approximate surface area is 317 Å². The van der Waals surface area contributed by atoms with Crippen LogP contribution in [-0.2, 0) is 23.7 Å². The van der Waals surface area contributed by atoms with Crippen LogP contribution in [0.15, 0.2) is 0 Å². The number of carbonyl (C=O) groups excluding carboxylic acids is 1. The molecule has 0 aromatic heterocycles. The summed E-state index contributed by atoms with van der Waals surface area (Å²) in [5.41, 5.74) is 0. The summed E-state index contributed by atoms with van der Waals surface area (Å²) in [5, 5.41) is 85.5. The van der Waals surface area contributed by atoms with E-state index in [1.54, 1.807) is 0 Å². The number of carbonyl (C=O) groups is 1. The minimum absolute atomic E-state index is 0.250.